The van der Waals surface area contributed by atoms with Gasteiger partial charge in [0, 0.05) is 13.0 Å². The Bertz CT molecular complexity index is 167. The smallest absolute Gasteiger partial charge is 0.306 e. The van der Waals surface area contributed by atoms with E-state index in [1.54, 1.807) is 0 Å². The summed E-state index contributed by atoms with van der Waals surface area (Å²) in [5.41, 5.74) is 0. The zero-order valence-electron chi connectivity index (χ0n) is 6.41. The van der Waals surface area contributed by atoms with E-state index in [4.69, 9.17) is 9.47 Å². The summed E-state index contributed by atoms with van der Waals surface area (Å²) < 4.78 is 10.6. The highest BCUT2D eigenvalue weighted by atomic mass is 16.6. The third kappa shape index (κ3) is 1.38. The van der Waals surface area contributed by atoms with Gasteiger partial charge >= 0.3 is 5.97 Å². The van der Waals surface area contributed by atoms with E-state index in [2.05, 4.69) is 0 Å². The molecule has 0 spiro atoms. The normalized spacial score (nSPS) is 37.6. The quantitative estimate of drug-likeness (QED) is 0.488. The second-order valence-electron chi connectivity index (χ2n) is 3.12. The van der Waals surface area contributed by atoms with Crippen molar-refractivity contribution in [1.82, 2.24) is 0 Å². The Morgan fingerprint density at radius 3 is 3.09 bits per heavy atom. The zero-order valence-corrected chi connectivity index (χ0v) is 6.41. The molecule has 0 aromatic carbocycles. The van der Waals surface area contributed by atoms with Gasteiger partial charge in [-0.25, -0.2) is 0 Å². The van der Waals surface area contributed by atoms with Crippen LogP contribution in [-0.2, 0) is 14.3 Å². The first-order valence-corrected chi connectivity index (χ1v) is 4.17. The van der Waals surface area contributed by atoms with Crippen LogP contribution >= 0.6 is 0 Å². The van der Waals surface area contributed by atoms with Gasteiger partial charge in [-0.1, -0.05) is 0 Å². The van der Waals surface area contributed by atoms with Crippen LogP contribution in [0.3, 0.4) is 0 Å². The summed E-state index contributed by atoms with van der Waals surface area (Å²) >= 11 is 0. The number of hydrogen-bond acceptors (Lipinski definition) is 3. The van der Waals surface area contributed by atoms with E-state index in [0.717, 1.165) is 25.9 Å². The molecule has 2 aliphatic rings. The molecule has 2 unspecified atom stereocenters. The molecule has 3 heteroatoms. The highest BCUT2D eigenvalue weighted by Gasteiger charge is 2.33. The third-order valence-electron chi connectivity index (χ3n) is 2.30. The molecule has 3 nitrogen and oxygen atoms in total. The number of carbonyl (C=O) groups is 1. The molecular formula is C8H12O3. The fraction of sp³-hybridized carbons (Fsp3) is 0.875. The topological polar surface area (TPSA) is 35.5 Å². The minimum Gasteiger partial charge on any atom is -0.460 e. The average Bonchev–Trinajstić information content (AvgIpc) is 2.04. The molecule has 0 radical (unpaired) electrons. The fourth-order valence-corrected chi connectivity index (χ4v) is 1.70. The Kier molecular flexibility index (Phi) is 1.82. The van der Waals surface area contributed by atoms with Crippen molar-refractivity contribution in [2.75, 3.05) is 6.61 Å². The second-order valence-corrected chi connectivity index (χ2v) is 3.12. The van der Waals surface area contributed by atoms with Crippen LogP contribution in [0.5, 0.6) is 0 Å². The average molecular weight is 156 g/mol. The van der Waals surface area contributed by atoms with E-state index in [1.165, 1.54) is 0 Å². The van der Waals surface area contributed by atoms with Crippen molar-refractivity contribution in [3.8, 4) is 0 Å². The van der Waals surface area contributed by atoms with Crippen LogP contribution in [0.1, 0.15) is 25.7 Å². The minimum atomic E-state index is -0.0586. The summed E-state index contributed by atoms with van der Waals surface area (Å²) in [5, 5.41) is 0. The van der Waals surface area contributed by atoms with Crippen LogP contribution in [0.2, 0.25) is 0 Å². The molecule has 62 valence electrons. The molecule has 0 aliphatic carbocycles. The molecule has 2 heterocycles. The lowest BCUT2D eigenvalue weighted by molar-refractivity contribution is -0.175. The maximum absolute atomic E-state index is 10.8. The number of fused-ring (bicyclic) bond motifs is 1. The first-order chi connectivity index (χ1) is 5.36. The van der Waals surface area contributed by atoms with E-state index < -0.39 is 0 Å². The fourth-order valence-electron chi connectivity index (χ4n) is 1.70. The Morgan fingerprint density at radius 1 is 1.27 bits per heavy atom. The van der Waals surface area contributed by atoms with Crippen molar-refractivity contribution in [2.45, 2.75) is 37.9 Å². The molecule has 2 fully saturated rings. The Morgan fingerprint density at radius 2 is 2.18 bits per heavy atom. The van der Waals surface area contributed by atoms with Gasteiger partial charge in [0.15, 0.2) is 0 Å². The van der Waals surface area contributed by atoms with Gasteiger partial charge in [-0.05, 0) is 19.3 Å². The highest BCUT2D eigenvalue weighted by molar-refractivity contribution is 5.70. The molecule has 0 aromatic rings. The van der Waals surface area contributed by atoms with Crippen LogP contribution in [0.25, 0.3) is 0 Å². The first-order valence-electron chi connectivity index (χ1n) is 4.17. The molecule has 2 rings (SSSR count). The van der Waals surface area contributed by atoms with Gasteiger partial charge < -0.3 is 9.47 Å². The molecule has 0 aromatic heterocycles. The van der Waals surface area contributed by atoms with E-state index in [-0.39, 0.29) is 18.2 Å². The van der Waals surface area contributed by atoms with Gasteiger partial charge in [0.1, 0.15) is 6.10 Å². The summed E-state index contributed by atoms with van der Waals surface area (Å²) in [6.07, 6.45) is 3.64. The van der Waals surface area contributed by atoms with Crippen molar-refractivity contribution in [3.05, 3.63) is 0 Å². The molecular weight excluding hydrogens is 144 g/mol. The Balaban J connectivity index is 1.98. The lowest BCUT2D eigenvalue weighted by Crippen LogP contribution is -2.41. The van der Waals surface area contributed by atoms with Crippen molar-refractivity contribution < 1.29 is 14.3 Å². The van der Waals surface area contributed by atoms with Crippen molar-refractivity contribution >= 4 is 5.97 Å². The van der Waals surface area contributed by atoms with Gasteiger partial charge in [0.2, 0.25) is 0 Å². The van der Waals surface area contributed by atoms with E-state index in [9.17, 15) is 4.79 Å². The van der Waals surface area contributed by atoms with Crippen molar-refractivity contribution in [1.29, 1.82) is 0 Å². The summed E-state index contributed by atoms with van der Waals surface area (Å²) in [5.74, 6) is -0.0586. The standard InChI is InChI=1S/C8H12O3/c9-8-4-3-6-7(11-8)2-1-5-10-6/h6-7H,1-5H2. The van der Waals surface area contributed by atoms with Gasteiger partial charge in [-0.2, -0.15) is 0 Å². The summed E-state index contributed by atoms with van der Waals surface area (Å²) in [6, 6.07) is 0. The maximum Gasteiger partial charge on any atom is 0.306 e. The number of carbonyl (C=O) groups excluding carboxylic acids is 1. The molecule has 0 N–H and O–H groups in total. The van der Waals surface area contributed by atoms with Crippen molar-refractivity contribution in [3.63, 3.8) is 0 Å². The second kappa shape index (κ2) is 2.81. The maximum atomic E-state index is 10.8. The molecule has 0 bridgehead atoms. The Labute approximate surface area is 65.7 Å². The van der Waals surface area contributed by atoms with E-state index in [0.29, 0.717) is 6.42 Å². The van der Waals surface area contributed by atoms with Gasteiger partial charge in [0.05, 0.1) is 6.10 Å². The largest absolute Gasteiger partial charge is 0.460 e. The number of esters is 1. The lowest BCUT2D eigenvalue weighted by Gasteiger charge is -2.34. The molecule has 11 heavy (non-hydrogen) atoms. The van der Waals surface area contributed by atoms with Gasteiger partial charge in [-0.15, -0.1) is 0 Å². The number of rotatable bonds is 0. The SMILES string of the molecule is O=C1CCC2OCCCC2O1. The van der Waals surface area contributed by atoms with Crippen molar-refractivity contribution in [2.24, 2.45) is 0 Å². The van der Waals surface area contributed by atoms with E-state index in [1.807, 2.05) is 0 Å². The highest BCUT2D eigenvalue weighted by Crippen LogP contribution is 2.25. The monoisotopic (exact) mass is 156 g/mol. The zero-order chi connectivity index (χ0) is 7.68. The van der Waals surface area contributed by atoms with Gasteiger partial charge in [-0.3, -0.25) is 4.79 Å². The van der Waals surface area contributed by atoms with Crippen LogP contribution in [0.15, 0.2) is 0 Å². The van der Waals surface area contributed by atoms with Crippen LogP contribution in [-0.4, -0.2) is 24.8 Å². The van der Waals surface area contributed by atoms with Crippen LogP contribution < -0.4 is 0 Å². The molecule has 0 amide bonds. The van der Waals surface area contributed by atoms with Crippen LogP contribution in [0, 0.1) is 0 Å². The summed E-state index contributed by atoms with van der Waals surface area (Å²) in [7, 11) is 0. The summed E-state index contributed by atoms with van der Waals surface area (Å²) in [6.45, 7) is 0.832. The molecule has 2 atom stereocenters. The molecule has 2 saturated heterocycles. The number of hydrogen-bond donors (Lipinski definition) is 0. The molecule has 2 aliphatic heterocycles. The van der Waals surface area contributed by atoms with Crippen LogP contribution in [0.4, 0.5) is 0 Å². The first kappa shape index (κ1) is 7.10. The Hall–Kier alpha value is -0.570. The predicted molar refractivity (Wildman–Crippen MR) is 38.1 cm³/mol. The third-order valence-corrected chi connectivity index (χ3v) is 2.30. The minimum absolute atomic E-state index is 0.0586. The lowest BCUT2D eigenvalue weighted by atomic mass is 9.99. The predicted octanol–water partition coefficient (Wildman–Crippen LogP) is 0.871. The van der Waals surface area contributed by atoms with Gasteiger partial charge in [0.25, 0.3) is 0 Å². The van der Waals surface area contributed by atoms with E-state index >= 15 is 0 Å². The summed E-state index contributed by atoms with van der Waals surface area (Å²) in [4.78, 5) is 10.8. The number of ether oxygens (including phenoxy) is 2. The molecule has 0 saturated carbocycles.